The summed E-state index contributed by atoms with van der Waals surface area (Å²) in [5.41, 5.74) is -0.406. The number of rotatable bonds is 2. The van der Waals surface area contributed by atoms with Crippen molar-refractivity contribution < 1.29 is 18.3 Å². The Bertz CT molecular complexity index is 442. The van der Waals surface area contributed by atoms with Gasteiger partial charge in [0, 0.05) is 6.04 Å². The van der Waals surface area contributed by atoms with Gasteiger partial charge in [-0.1, -0.05) is 0 Å². The molecule has 100 valence electrons. The molecule has 0 amide bonds. The molecule has 1 aromatic carbocycles. The summed E-state index contributed by atoms with van der Waals surface area (Å²) < 4.78 is 38.3. The molecule has 1 aliphatic heterocycles. The topological polar surface area (TPSA) is 32.3 Å². The molecular weight excluding hydrogens is 311 g/mol. The second-order valence-electron chi connectivity index (χ2n) is 4.47. The van der Waals surface area contributed by atoms with E-state index in [0.29, 0.717) is 12.0 Å². The van der Waals surface area contributed by atoms with E-state index in [1.54, 1.807) is 6.07 Å². The van der Waals surface area contributed by atoms with Crippen molar-refractivity contribution in [1.82, 2.24) is 5.32 Å². The quantitative estimate of drug-likeness (QED) is 0.873. The van der Waals surface area contributed by atoms with Gasteiger partial charge in [0.2, 0.25) is 0 Å². The van der Waals surface area contributed by atoms with Crippen molar-refractivity contribution in [2.75, 3.05) is 6.54 Å². The standard InChI is InChI=1S/C12H13BrF3NO/c13-10-6-7(4-8-2-1-3-17-8)5-9(11(10)18)12(14,15)16/h5-6,8,17-18H,1-4H2. The van der Waals surface area contributed by atoms with E-state index in [-0.39, 0.29) is 10.5 Å². The predicted molar refractivity (Wildman–Crippen MR) is 65.5 cm³/mol. The average molecular weight is 324 g/mol. The Morgan fingerprint density at radius 1 is 1.39 bits per heavy atom. The first kappa shape index (κ1) is 13.7. The molecule has 0 radical (unpaired) electrons. The molecule has 18 heavy (non-hydrogen) atoms. The van der Waals surface area contributed by atoms with E-state index in [9.17, 15) is 18.3 Å². The van der Waals surface area contributed by atoms with Crippen LogP contribution in [0.1, 0.15) is 24.0 Å². The van der Waals surface area contributed by atoms with Gasteiger partial charge in [-0.2, -0.15) is 13.2 Å². The van der Waals surface area contributed by atoms with E-state index < -0.39 is 17.5 Å². The van der Waals surface area contributed by atoms with Crippen molar-refractivity contribution in [3.63, 3.8) is 0 Å². The highest BCUT2D eigenvalue weighted by Gasteiger charge is 2.35. The minimum atomic E-state index is -4.54. The van der Waals surface area contributed by atoms with Crippen molar-refractivity contribution in [1.29, 1.82) is 0 Å². The minimum absolute atomic E-state index is 0.0883. The first-order valence-electron chi connectivity index (χ1n) is 5.70. The van der Waals surface area contributed by atoms with Crippen LogP contribution in [0.2, 0.25) is 0 Å². The number of aromatic hydroxyl groups is 1. The summed E-state index contributed by atoms with van der Waals surface area (Å²) in [7, 11) is 0. The van der Waals surface area contributed by atoms with E-state index in [1.807, 2.05) is 0 Å². The number of hydrogen-bond donors (Lipinski definition) is 2. The monoisotopic (exact) mass is 323 g/mol. The lowest BCUT2D eigenvalue weighted by molar-refractivity contribution is -0.138. The number of halogens is 4. The first-order valence-corrected chi connectivity index (χ1v) is 6.49. The van der Waals surface area contributed by atoms with E-state index in [4.69, 9.17) is 0 Å². The third-order valence-corrected chi connectivity index (χ3v) is 3.68. The summed E-state index contributed by atoms with van der Waals surface area (Å²) in [6, 6.07) is 2.80. The maximum atomic E-state index is 12.7. The third-order valence-electron chi connectivity index (χ3n) is 3.07. The fraction of sp³-hybridized carbons (Fsp3) is 0.500. The Balaban J connectivity index is 2.28. The van der Waals surface area contributed by atoms with Gasteiger partial charge in [-0.15, -0.1) is 0 Å². The second kappa shape index (κ2) is 5.09. The zero-order valence-corrected chi connectivity index (χ0v) is 11.1. The number of phenols is 1. The molecule has 1 fully saturated rings. The lowest BCUT2D eigenvalue weighted by atomic mass is 10.0. The maximum Gasteiger partial charge on any atom is 0.420 e. The van der Waals surface area contributed by atoms with Crippen molar-refractivity contribution in [3.8, 4) is 5.75 Å². The Labute approximate surface area is 111 Å². The molecular formula is C12H13BrF3NO. The average Bonchev–Trinajstić information content (AvgIpc) is 2.74. The normalized spacial score (nSPS) is 20.3. The second-order valence-corrected chi connectivity index (χ2v) is 5.32. The van der Waals surface area contributed by atoms with Gasteiger partial charge in [0.05, 0.1) is 10.0 Å². The van der Waals surface area contributed by atoms with Crippen molar-refractivity contribution in [3.05, 3.63) is 27.7 Å². The number of nitrogens with one attached hydrogen (secondary N) is 1. The van der Waals surface area contributed by atoms with Gasteiger partial charge in [0.25, 0.3) is 0 Å². The number of phenolic OH excluding ortho intramolecular Hbond substituents is 1. The van der Waals surface area contributed by atoms with Crippen molar-refractivity contribution in [2.24, 2.45) is 0 Å². The molecule has 1 saturated heterocycles. The molecule has 0 spiro atoms. The highest BCUT2D eigenvalue weighted by Crippen LogP contribution is 2.40. The Hall–Kier alpha value is -0.750. The van der Waals surface area contributed by atoms with Gasteiger partial charge < -0.3 is 10.4 Å². The summed E-state index contributed by atoms with van der Waals surface area (Å²) in [6.07, 6.45) is -1.97. The van der Waals surface area contributed by atoms with Gasteiger partial charge >= 0.3 is 6.18 Å². The summed E-state index contributed by atoms with van der Waals surface area (Å²) >= 11 is 2.97. The molecule has 2 rings (SSSR count). The molecule has 0 aromatic heterocycles. The van der Waals surface area contributed by atoms with Crippen LogP contribution >= 0.6 is 15.9 Å². The van der Waals surface area contributed by atoms with Crippen LogP contribution in [0.4, 0.5) is 13.2 Å². The third kappa shape index (κ3) is 2.98. The van der Waals surface area contributed by atoms with Crippen LogP contribution < -0.4 is 5.32 Å². The molecule has 1 atom stereocenters. The summed E-state index contributed by atoms with van der Waals surface area (Å²) in [6.45, 7) is 0.913. The summed E-state index contributed by atoms with van der Waals surface area (Å²) in [5.74, 6) is -0.745. The number of benzene rings is 1. The van der Waals surface area contributed by atoms with Crippen LogP contribution in [-0.4, -0.2) is 17.7 Å². The molecule has 0 bridgehead atoms. The summed E-state index contributed by atoms with van der Waals surface area (Å²) in [4.78, 5) is 0. The van der Waals surface area contributed by atoms with Crippen LogP contribution in [0.3, 0.4) is 0 Å². The fourth-order valence-corrected chi connectivity index (χ4v) is 2.71. The molecule has 2 nitrogen and oxygen atoms in total. The van der Waals surface area contributed by atoms with Gasteiger partial charge in [-0.05, 0) is 59.4 Å². The van der Waals surface area contributed by atoms with E-state index in [0.717, 1.165) is 25.5 Å². The van der Waals surface area contributed by atoms with Crippen molar-refractivity contribution in [2.45, 2.75) is 31.5 Å². The Morgan fingerprint density at radius 2 is 2.11 bits per heavy atom. The van der Waals surface area contributed by atoms with Gasteiger partial charge in [0.1, 0.15) is 5.75 Å². The zero-order valence-electron chi connectivity index (χ0n) is 9.52. The summed E-state index contributed by atoms with van der Waals surface area (Å²) in [5, 5.41) is 12.7. The van der Waals surface area contributed by atoms with Crippen LogP contribution in [-0.2, 0) is 12.6 Å². The molecule has 1 unspecified atom stereocenters. The Kier molecular flexibility index (Phi) is 3.87. The molecule has 6 heteroatoms. The van der Waals surface area contributed by atoms with Crippen LogP contribution in [0, 0.1) is 0 Å². The number of hydrogen-bond acceptors (Lipinski definition) is 2. The molecule has 2 N–H and O–H groups in total. The Morgan fingerprint density at radius 3 is 2.67 bits per heavy atom. The molecule has 1 heterocycles. The highest BCUT2D eigenvalue weighted by molar-refractivity contribution is 9.10. The van der Waals surface area contributed by atoms with Crippen LogP contribution in [0.15, 0.2) is 16.6 Å². The smallest absolute Gasteiger partial charge is 0.420 e. The van der Waals surface area contributed by atoms with Gasteiger partial charge in [-0.25, -0.2) is 0 Å². The van der Waals surface area contributed by atoms with Crippen LogP contribution in [0.5, 0.6) is 5.75 Å². The van der Waals surface area contributed by atoms with E-state index in [1.165, 1.54) is 0 Å². The number of alkyl halides is 3. The first-order chi connectivity index (χ1) is 8.38. The lowest BCUT2D eigenvalue weighted by Crippen LogP contribution is -2.23. The van der Waals surface area contributed by atoms with E-state index >= 15 is 0 Å². The molecule has 1 aromatic rings. The highest BCUT2D eigenvalue weighted by atomic mass is 79.9. The van der Waals surface area contributed by atoms with Crippen LogP contribution in [0.25, 0.3) is 0 Å². The van der Waals surface area contributed by atoms with Gasteiger partial charge in [-0.3, -0.25) is 0 Å². The predicted octanol–water partition coefficient (Wildman–Crippen LogP) is 3.47. The largest absolute Gasteiger partial charge is 0.506 e. The molecule has 0 saturated carbocycles. The van der Waals surface area contributed by atoms with Crippen molar-refractivity contribution >= 4 is 15.9 Å². The minimum Gasteiger partial charge on any atom is -0.506 e. The van der Waals surface area contributed by atoms with Gasteiger partial charge in [0.15, 0.2) is 0 Å². The maximum absolute atomic E-state index is 12.7. The fourth-order valence-electron chi connectivity index (χ4n) is 2.20. The molecule has 0 aliphatic carbocycles. The molecule has 1 aliphatic rings. The lowest BCUT2D eigenvalue weighted by Gasteiger charge is -2.15. The SMILES string of the molecule is Oc1c(Br)cc(CC2CCCN2)cc1C(F)(F)F. The zero-order chi connectivity index (χ0) is 13.3. The van der Waals surface area contributed by atoms with E-state index in [2.05, 4.69) is 21.2 Å².